The van der Waals surface area contributed by atoms with Gasteiger partial charge in [-0.15, -0.1) is 0 Å². The first kappa shape index (κ1) is 14.7. The fraction of sp³-hybridized carbons (Fsp3) is 0.0769. The molecule has 0 atom stereocenters. The Morgan fingerprint density at radius 3 is 2.71 bits per heavy atom. The van der Waals surface area contributed by atoms with Crippen LogP contribution < -0.4 is 10.5 Å². The summed E-state index contributed by atoms with van der Waals surface area (Å²) < 4.78 is 5.42. The number of nitro groups is 1. The molecule has 2 aromatic rings. The minimum absolute atomic E-state index is 0.140. The molecule has 0 aliphatic carbocycles. The number of hydrogen-bond acceptors (Lipinski definition) is 5. The molecule has 2 N–H and O–H groups in total. The Labute approximate surface area is 124 Å². The van der Waals surface area contributed by atoms with Crippen LogP contribution in [0.2, 0.25) is 5.02 Å². The van der Waals surface area contributed by atoms with E-state index in [1.165, 1.54) is 0 Å². The van der Waals surface area contributed by atoms with Gasteiger partial charge in [-0.05, 0) is 24.6 Å². The van der Waals surface area contributed by atoms with Gasteiger partial charge in [0.15, 0.2) is 0 Å². The molecule has 0 fully saturated rings. The molecule has 0 radical (unpaired) electrons. The molecule has 108 valence electrons. The van der Waals surface area contributed by atoms with Gasteiger partial charge in [0, 0.05) is 6.07 Å². The van der Waals surface area contributed by atoms with Gasteiger partial charge in [-0.3, -0.25) is 14.9 Å². The van der Waals surface area contributed by atoms with Crippen LogP contribution in [0.1, 0.15) is 15.9 Å². The van der Waals surface area contributed by atoms with Crippen LogP contribution in [0.25, 0.3) is 0 Å². The lowest BCUT2D eigenvalue weighted by Gasteiger charge is -2.09. The Kier molecular flexibility index (Phi) is 4.04. The van der Waals surface area contributed by atoms with Gasteiger partial charge in [0.05, 0.1) is 9.95 Å². The van der Waals surface area contributed by atoms with Crippen molar-refractivity contribution in [3.8, 4) is 11.6 Å². The van der Waals surface area contributed by atoms with Crippen molar-refractivity contribution in [1.29, 1.82) is 0 Å². The van der Waals surface area contributed by atoms with E-state index >= 15 is 0 Å². The van der Waals surface area contributed by atoms with Crippen LogP contribution >= 0.6 is 11.6 Å². The third kappa shape index (κ3) is 3.26. The highest BCUT2D eigenvalue weighted by Crippen LogP contribution is 2.31. The molecule has 1 heterocycles. The molecule has 0 aliphatic rings. The number of hydrogen-bond donors (Lipinski definition) is 1. The Morgan fingerprint density at radius 1 is 1.43 bits per heavy atom. The average Bonchev–Trinajstić information content (AvgIpc) is 2.41. The van der Waals surface area contributed by atoms with Crippen molar-refractivity contribution in [2.24, 2.45) is 5.73 Å². The highest BCUT2D eigenvalue weighted by molar-refractivity contribution is 6.32. The summed E-state index contributed by atoms with van der Waals surface area (Å²) in [7, 11) is 0. The lowest BCUT2D eigenvalue weighted by Crippen LogP contribution is -2.13. The Balaban J connectivity index is 2.44. The van der Waals surface area contributed by atoms with Crippen LogP contribution in [0.3, 0.4) is 0 Å². The van der Waals surface area contributed by atoms with E-state index in [1.54, 1.807) is 18.2 Å². The number of benzene rings is 1. The number of pyridine rings is 1. The first-order valence-electron chi connectivity index (χ1n) is 5.76. The number of nitrogens with two attached hydrogens (primary N) is 1. The summed E-state index contributed by atoms with van der Waals surface area (Å²) in [4.78, 5) is 25.1. The number of ether oxygens (including phenoxy) is 1. The summed E-state index contributed by atoms with van der Waals surface area (Å²) in [6.45, 7) is 1.86. The van der Waals surface area contributed by atoms with E-state index < -0.39 is 10.8 Å². The highest BCUT2D eigenvalue weighted by atomic mass is 35.5. The molecule has 21 heavy (non-hydrogen) atoms. The van der Waals surface area contributed by atoms with Crippen LogP contribution in [-0.2, 0) is 0 Å². The first-order chi connectivity index (χ1) is 9.88. The van der Waals surface area contributed by atoms with Gasteiger partial charge in [-0.1, -0.05) is 17.7 Å². The summed E-state index contributed by atoms with van der Waals surface area (Å²) in [6, 6.07) is 6.04. The summed E-state index contributed by atoms with van der Waals surface area (Å²) in [5.41, 5.74) is 5.57. The zero-order chi connectivity index (χ0) is 15.6. The number of halogens is 1. The van der Waals surface area contributed by atoms with Crippen molar-refractivity contribution in [3.05, 3.63) is 56.7 Å². The monoisotopic (exact) mass is 307 g/mol. The maximum atomic E-state index is 11.4. The van der Waals surface area contributed by atoms with Crippen LogP contribution in [0.15, 0.2) is 30.5 Å². The number of nitrogens with zero attached hydrogens (tertiary/aromatic N) is 2. The fourth-order valence-corrected chi connectivity index (χ4v) is 1.87. The molecule has 0 unspecified atom stereocenters. The second kappa shape index (κ2) is 5.76. The van der Waals surface area contributed by atoms with E-state index in [4.69, 9.17) is 22.1 Å². The normalized spacial score (nSPS) is 10.2. The Morgan fingerprint density at radius 2 is 2.14 bits per heavy atom. The predicted octanol–water partition coefficient (Wildman–Crippen LogP) is 2.84. The van der Waals surface area contributed by atoms with Gasteiger partial charge in [0.2, 0.25) is 5.88 Å². The van der Waals surface area contributed by atoms with E-state index in [-0.39, 0.29) is 22.9 Å². The smallest absolute Gasteiger partial charge is 0.288 e. The molecule has 1 amide bonds. The first-order valence-corrected chi connectivity index (χ1v) is 6.14. The molecule has 0 saturated heterocycles. The van der Waals surface area contributed by atoms with Crippen LogP contribution in [-0.4, -0.2) is 15.8 Å². The largest absolute Gasteiger partial charge is 0.437 e. The number of aromatic nitrogens is 1. The molecule has 0 bridgehead atoms. The summed E-state index contributed by atoms with van der Waals surface area (Å²) in [5.74, 6) is -0.755. The molecule has 1 aromatic carbocycles. The summed E-state index contributed by atoms with van der Waals surface area (Å²) >= 11 is 6.02. The van der Waals surface area contributed by atoms with E-state index in [0.717, 1.165) is 17.8 Å². The van der Waals surface area contributed by atoms with Gasteiger partial charge in [-0.25, -0.2) is 4.98 Å². The van der Waals surface area contributed by atoms with Crippen LogP contribution in [0.4, 0.5) is 5.69 Å². The lowest BCUT2D eigenvalue weighted by molar-refractivity contribution is -0.385. The average molecular weight is 308 g/mol. The molecule has 0 saturated carbocycles. The van der Waals surface area contributed by atoms with E-state index in [2.05, 4.69) is 4.98 Å². The SMILES string of the molecule is Cc1ccc(Oc2ncc([N+](=O)[O-])cc2C(N)=O)c(Cl)c1. The van der Waals surface area contributed by atoms with E-state index in [1.807, 2.05) is 6.92 Å². The minimum Gasteiger partial charge on any atom is -0.437 e. The molecule has 1 aromatic heterocycles. The molecule has 8 heteroatoms. The van der Waals surface area contributed by atoms with Gasteiger partial charge in [0.25, 0.3) is 11.6 Å². The minimum atomic E-state index is -0.885. The van der Waals surface area contributed by atoms with E-state index in [0.29, 0.717) is 5.02 Å². The maximum absolute atomic E-state index is 11.4. The number of rotatable bonds is 4. The lowest BCUT2D eigenvalue weighted by atomic mass is 10.2. The predicted molar refractivity (Wildman–Crippen MR) is 75.7 cm³/mol. The molecule has 2 rings (SSSR count). The zero-order valence-electron chi connectivity index (χ0n) is 10.9. The van der Waals surface area contributed by atoms with Crippen molar-refractivity contribution < 1.29 is 14.5 Å². The van der Waals surface area contributed by atoms with E-state index in [9.17, 15) is 14.9 Å². The van der Waals surface area contributed by atoms with Gasteiger partial charge in [-0.2, -0.15) is 0 Å². The third-order valence-electron chi connectivity index (χ3n) is 2.61. The highest BCUT2D eigenvalue weighted by Gasteiger charge is 2.18. The third-order valence-corrected chi connectivity index (χ3v) is 2.90. The number of aryl methyl sites for hydroxylation is 1. The number of carbonyl (C=O) groups is 1. The summed E-state index contributed by atoms with van der Waals surface area (Å²) in [5, 5.41) is 11.0. The molecule has 0 aliphatic heterocycles. The molecular weight excluding hydrogens is 298 g/mol. The van der Waals surface area contributed by atoms with Crippen molar-refractivity contribution in [2.75, 3.05) is 0 Å². The quantitative estimate of drug-likeness (QED) is 0.690. The molecule has 0 spiro atoms. The van der Waals surface area contributed by atoms with Gasteiger partial charge in [0.1, 0.15) is 17.5 Å². The molecular formula is C13H10ClN3O4. The standard InChI is InChI=1S/C13H10ClN3O4/c1-7-2-3-11(10(14)4-7)21-13-9(12(15)18)5-8(6-16-13)17(19)20/h2-6H,1H3,(H2,15,18). The van der Waals surface area contributed by atoms with Crippen molar-refractivity contribution >= 4 is 23.2 Å². The zero-order valence-corrected chi connectivity index (χ0v) is 11.6. The maximum Gasteiger partial charge on any atom is 0.288 e. The van der Waals surface area contributed by atoms with Gasteiger partial charge < -0.3 is 10.5 Å². The number of amides is 1. The second-order valence-corrected chi connectivity index (χ2v) is 4.61. The Bertz CT molecular complexity index is 733. The van der Waals surface area contributed by atoms with Crippen LogP contribution in [0, 0.1) is 17.0 Å². The topological polar surface area (TPSA) is 108 Å². The van der Waals surface area contributed by atoms with Crippen molar-refractivity contribution in [1.82, 2.24) is 4.98 Å². The van der Waals surface area contributed by atoms with Crippen LogP contribution in [0.5, 0.6) is 11.6 Å². The van der Waals surface area contributed by atoms with Crippen molar-refractivity contribution in [2.45, 2.75) is 6.92 Å². The number of carbonyl (C=O) groups excluding carboxylic acids is 1. The Hall–Kier alpha value is -2.67. The second-order valence-electron chi connectivity index (χ2n) is 4.20. The number of primary amides is 1. The summed E-state index contributed by atoms with van der Waals surface area (Å²) in [6.07, 6.45) is 0.976. The molecule has 7 nitrogen and oxygen atoms in total. The fourth-order valence-electron chi connectivity index (χ4n) is 1.59. The van der Waals surface area contributed by atoms with Crippen molar-refractivity contribution in [3.63, 3.8) is 0 Å². The van der Waals surface area contributed by atoms with Gasteiger partial charge >= 0.3 is 0 Å².